The van der Waals surface area contributed by atoms with Gasteiger partial charge in [0.15, 0.2) is 0 Å². The van der Waals surface area contributed by atoms with Gasteiger partial charge in [0.25, 0.3) is 5.91 Å². The van der Waals surface area contributed by atoms with Crippen LogP contribution in [0, 0.1) is 11.6 Å². The molecule has 4 nitrogen and oxygen atoms in total. The number of pyridine rings is 1. The Balaban J connectivity index is 2.37. The van der Waals surface area contributed by atoms with E-state index in [1.807, 2.05) is 0 Å². The molecule has 0 aliphatic heterocycles. The SMILES string of the molecule is CN(C(=O)c1cc(N)c(F)cc1F)c1ccccn1. The van der Waals surface area contributed by atoms with E-state index in [1.165, 1.54) is 13.2 Å². The Bertz CT molecular complexity index is 617. The molecule has 1 aromatic heterocycles. The second-order valence-electron chi connectivity index (χ2n) is 3.91. The van der Waals surface area contributed by atoms with Gasteiger partial charge in [0.2, 0.25) is 0 Å². The molecule has 0 unspecified atom stereocenters. The molecule has 19 heavy (non-hydrogen) atoms. The van der Waals surface area contributed by atoms with Crippen LogP contribution in [0.5, 0.6) is 0 Å². The highest BCUT2D eigenvalue weighted by molar-refractivity contribution is 6.05. The van der Waals surface area contributed by atoms with E-state index < -0.39 is 17.5 Å². The number of anilines is 2. The fourth-order valence-corrected chi connectivity index (χ4v) is 1.57. The number of aromatic nitrogens is 1. The number of benzene rings is 1. The van der Waals surface area contributed by atoms with E-state index in [0.29, 0.717) is 11.9 Å². The lowest BCUT2D eigenvalue weighted by Crippen LogP contribution is -2.28. The molecular weight excluding hydrogens is 252 g/mol. The molecule has 2 rings (SSSR count). The maximum atomic E-state index is 13.6. The van der Waals surface area contributed by atoms with Gasteiger partial charge in [-0.2, -0.15) is 0 Å². The number of nitrogens with zero attached hydrogens (tertiary/aromatic N) is 2. The summed E-state index contributed by atoms with van der Waals surface area (Å²) in [6.07, 6.45) is 1.51. The first-order valence-electron chi connectivity index (χ1n) is 5.44. The number of rotatable bonds is 2. The van der Waals surface area contributed by atoms with Crippen LogP contribution in [0.2, 0.25) is 0 Å². The van der Waals surface area contributed by atoms with Crippen LogP contribution in [0.15, 0.2) is 36.5 Å². The molecule has 1 heterocycles. The standard InChI is InChI=1S/C13H11F2N3O/c1-18(12-4-2-3-5-17-12)13(19)8-6-11(16)10(15)7-9(8)14/h2-7H,16H2,1H3. The van der Waals surface area contributed by atoms with Crippen molar-refractivity contribution in [1.29, 1.82) is 0 Å². The molecule has 0 aliphatic rings. The van der Waals surface area contributed by atoms with E-state index >= 15 is 0 Å². The zero-order valence-corrected chi connectivity index (χ0v) is 10.1. The maximum absolute atomic E-state index is 13.6. The van der Waals surface area contributed by atoms with E-state index in [-0.39, 0.29) is 11.3 Å². The summed E-state index contributed by atoms with van der Waals surface area (Å²) in [4.78, 5) is 17.2. The van der Waals surface area contributed by atoms with Crippen LogP contribution in [0.3, 0.4) is 0 Å². The first-order chi connectivity index (χ1) is 9.00. The molecule has 0 bridgehead atoms. The number of amides is 1. The summed E-state index contributed by atoms with van der Waals surface area (Å²) in [6.45, 7) is 0. The van der Waals surface area contributed by atoms with Gasteiger partial charge in [-0.1, -0.05) is 6.07 Å². The molecule has 0 radical (unpaired) electrons. The van der Waals surface area contributed by atoms with Crippen molar-refractivity contribution >= 4 is 17.4 Å². The first-order valence-corrected chi connectivity index (χ1v) is 5.44. The number of hydrogen-bond donors (Lipinski definition) is 1. The number of nitrogen functional groups attached to an aromatic ring is 1. The zero-order chi connectivity index (χ0) is 14.0. The Morgan fingerprint density at radius 1 is 1.26 bits per heavy atom. The lowest BCUT2D eigenvalue weighted by molar-refractivity contribution is 0.0988. The highest BCUT2D eigenvalue weighted by Gasteiger charge is 2.20. The van der Waals surface area contributed by atoms with Crippen LogP contribution >= 0.6 is 0 Å². The van der Waals surface area contributed by atoms with Crippen molar-refractivity contribution < 1.29 is 13.6 Å². The Morgan fingerprint density at radius 2 is 2.00 bits per heavy atom. The zero-order valence-electron chi connectivity index (χ0n) is 10.1. The summed E-state index contributed by atoms with van der Waals surface area (Å²) in [5.74, 6) is -2.15. The molecule has 0 saturated carbocycles. The summed E-state index contributed by atoms with van der Waals surface area (Å²) in [6, 6.07) is 6.56. The lowest BCUT2D eigenvalue weighted by atomic mass is 10.1. The minimum Gasteiger partial charge on any atom is -0.396 e. The molecule has 98 valence electrons. The predicted molar refractivity (Wildman–Crippen MR) is 67.7 cm³/mol. The molecule has 1 amide bonds. The van der Waals surface area contributed by atoms with Gasteiger partial charge in [-0.05, 0) is 18.2 Å². The average Bonchev–Trinajstić information content (AvgIpc) is 2.42. The van der Waals surface area contributed by atoms with Crippen molar-refractivity contribution in [3.8, 4) is 0 Å². The molecule has 0 spiro atoms. The largest absolute Gasteiger partial charge is 0.396 e. The van der Waals surface area contributed by atoms with Crippen LogP contribution in [-0.4, -0.2) is 17.9 Å². The Labute approximate surface area is 108 Å². The summed E-state index contributed by atoms with van der Waals surface area (Å²) in [7, 11) is 1.45. The van der Waals surface area contributed by atoms with Crippen molar-refractivity contribution in [2.75, 3.05) is 17.7 Å². The summed E-state index contributed by atoms with van der Waals surface area (Å²) in [5, 5.41) is 0. The average molecular weight is 263 g/mol. The molecule has 2 aromatic rings. The summed E-state index contributed by atoms with van der Waals surface area (Å²) < 4.78 is 26.6. The second kappa shape index (κ2) is 5.01. The van der Waals surface area contributed by atoms with Gasteiger partial charge >= 0.3 is 0 Å². The molecule has 0 aliphatic carbocycles. The van der Waals surface area contributed by atoms with Gasteiger partial charge < -0.3 is 5.73 Å². The fourth-order valence-electron chi connectivity index (χ4n) is 1.57. The summed E-state index contributed by atoms with van der Waals surface area (Å²) >= 11 is 0. The quantitative estimate of drug-likeness (QED) is 0.845. The van der Waals surface area contributed by atoms with Crippen LogP contribution < -0.4 is 10.6 Å². The normalized spacial score (nSPS) is 10.3. The van der Waals surface area contributed by atoms with Gasteiger partial charge in [-0.15, -0.1) is 0 Å². The van der Waals surface area contributed by atoms with Gasteiger partial charge in [-0.3, -0.25) is 9.69 Å². The van der Waals surface area contributed by atoms with Gasteiger partial charge in [0.05, 0.1) is 11.3 Å². The van der Waals surface area contributed by atoms with Crippen molar-refractivity contribution in [3.05, 3.63) is 53.7 Å². The highest BCUT2D eigenvalue weighted by Crippen LogP contribution is 2.19. The number of carbonyl (C=O) groups is 1. The van der Waals surface area contributed by atoms with Gasteiger partial charge in [0.1, 0.15) is 17.5 Å². The molecule has 0 saturated heterocycles. The van der Waals surface area contributed by atoms with Crippen LogP contribution in [-0.2, 0) is 0 Å². The van der Waals surface area contributed by atoms with E-state index in [2.05, 4.69) is 4.98 Å². The van der Waals surface area contributed by atoms with Crippen LogP contribution in [0.4, 0.5) is 20.3 Å². The van der Waals surface area contributed by atoms with Crippen molar-refractivity contribution in [3.63, 3.8) is 0 Å². The molecule has 6 heteroatoms. The van der Waals surface area contributed by atoms with Crippen molar-refractivity contribution in [2.24, 2.45) is 0 Å². The molecule has 0 fully saturated rings. The van der Waals surface area contributed by atoms with E-state index in [0.717, 1.165) is 11.0 Å². The topological polar surface area (TPSA) is 59.2 Å². The molecule has 2 N–H and O–H groups in total. The lowest BCUT2D eigenvalue weighted by Gasteiger charge is -2.16. The second-order valence-corrected chi connectivity index (χ2v) is 3.91. The van der Waals surface area contributed by atoms with Crippen LogP contribution in [0.25, 0.3) is 0 Å². The monoisotopic (exact) mass is 263 g/mol. The van der Waals surface area contributed by atoms with Gasteiger partial charge in [0, 0.05) is 19.3 Å². The fraction of sp³-hybridized carbons (Fsp3) is 0.0769. The number of halogens is 2. The van der Waals surface area contributed by atoms with E-state index in [4.69, 9.17) is 5.73 Å². The minimum atomic E-state index is -0.959. The third kappa shape index (κ3) is 2.52. The highest BCUT2D eigenvalue weighted by atomic mass is 19.1. The first kappa shape index (κ1) is 12.9. The smallest absolute Gasteiger partial charge is 0.262 e. The van der Waals surface area contributed by atoms with E-state index in [1.54, 1.807) is 18.2 Å². The molecule has 1 aromatic carbocycles. The van der Waals surface area contributed by atoms with Crippen LogP contribution in [0.1, 0.15) is 10.4 Å². The number of hydrogen-bond acceptors (Lipinski definition) is 3. The van der Waals surface area contributed by atoms with Crippen molar-refractivity contribution in [2.45, 2.75) is 0 Å². The third-order valence-corrected chi connectivity index (χ3v) is 2.61. The summed E-state index contributed by atoms with van der Waals surface area (Å²) in [5.41, 5.74) is 4.76. The maximum Gasteiger partial charge on any atom is 0.262 e. The number of nitrogens with two attached hydrogens (primary N) is 1. The van der Waals surface area contributed by atoms with Crippen molar-refractivity contribution in [1.82, 2.24) is 4.98 Å². The van der Waals surface area contributed by atoms with E-state index in [9.17, 15) is 13.6 Å². The number of carbonyl (C=O) groups excluding carboxylic acids is 1. The minimum absolute atomic E-state index is 0.279. The molecular formula is C13H11F2N3O. The Kier molecular flexibility index (Phi) is 3.41. The third-order valence-electron chi connectivity index (χ3n) is 2.61. The Hall–Kier alpha value is -2.50. The predicted octanol–water partition coefficient (Wildman–Crippen LogP) is 2.22. The Morgan fingerprint density at radius 3 is 2.63 bits per heavy atom. The molecule has 0 atom stereocenters. The van der Waals surface area contributed by atoms with Gasteiger partial charge in [-0.25, -0.2) is 13.8 Å².